The van der Waals surface area contributed by atoms with Crippen LogP contribution in [0.25, 0.3) is 11.3 Å². The molecule has 2 aliphatic heterocycles. The van der Waals surface area contributed by atoms with Crippen LogP contribution in [0.15, 0.2) is 85.1 Å². The summed E-state index contributed by atoms with van der Waals surface area (Å²) < 4.78 is 44.7. The topological polar surface area (TPSA) is 116 Å². The van der Waals surface area contributed by atoms with Gasteiger partial charge in [-0.2, -0.15) is 13.2 Å². The number of aromatic nitrogens is 1. The minimum absolute atomic E-state index is 0.0350. The molecule has 2 saturated heterocycles. The summed E-state index contributed by atoms with van der Waals surface area (Å²) in [5, 5.41) is 8.74. The molecule has 6 rings (SSSR count). The maximum atomic E-state index is 13.8. The molecule has 3 aromatic carbocycles. The fourth-order valence-corrected chi connectivity index (χ4v) is 7.16. The van der Waals surface area contributed by atoms with Crippen molar-refractivity contribution in [2.45, 2.75) is 51.4 Å². The van der Waals surface area contributed by atoms with Crippen molar-refractivity contribution in [1.82, 2.24) is 20.5 Å². The number of alkyl halides is 3. The number of amides is 3. The zero-order valence-electron chi connectivity index (χ0n) is 31.0. The van der Waals surface area contributed by atoms with Gasteiger partial charge in [0, 0.05) is 75.0 Å². The van der Waals surface area contributed by atoms with E-state index < -0.39 is 17.6 Å². The number of pyridine rings is 1. The highest BCUT2D eigenvalue weighted by Gasteiger charge is 2.30. The van der Waals surface area contributed by atoms with Gasteiger partial charge in [0.1, 0.15) is 0 Å². The van der Waals surface area contributed by atoms with Gasteiger partial charge in [-0.15, -0.1) is 0 Å². The van der Waals surface area contributed by atoms with Crippen molar-refractivity contribution >= 4 is 29.1 Å². The molecule has 2 fully saturated rings. The molecule has 55 heavy (non-hydrogen) atoms. The van der Waals surface area contributed by atoms with E-state index in [1.807, 2.05) is 36.4 Å². The molecule has 3 amide bonds. The van der Waals surface area contributed by atoms with Crippen LogP contribution in [-0.4, -0.2) is 74.0 Å². The Morgan fingerprint density at radius 3 is 2.42 bits per heavy atom. The highest BCUT2D eigenvalue weighted by Crippen LogP contribution is 2.34. The summed E-state index contributed by atoms with van der Waals surface area (Å²) >= 11 is 0. The smallest absolute Gasteiger partial charge is 0.383 e. The number of nitrogens with zero attached hydrogens (tertiary/aromatic N) is 3. The number of carbonyl (C=O) groups is 3. The third-order valence-corrected chi connectivity index (χ3v) is 10.1. The van der Waals surface area contributed by atoms with Crippen molar-refractivity contribution < 1.29 is 32.3 Å². The number of rotatable bonds is 13. The molecular formula is C42H47F3N6O4. The number of methoxy groups -OCH3 is 1. The van der Waals surface area contributed by atoms with E-state index in [0.29, 0.717) is 54.3 Å². The van der Waals surface area contributed by atoms with Crippen LogP contribution < -0.4 is 20.9 Å². The fraction of sp³-hybridized carbons (Fsp3) is 0.381. The fourth-order valence-electron chi connectivity index (χ4n) is 7.16. The van der Waals surface area contributed by atoms with E-state index in [0.717, 1.165) is 68.7 Å². The molecule has 0 aliphatic carbocycles. The van der Waals surface area contributed by atoms with Crippen LogP contribution in [0.1, 0.15) is 69.5 Å². The Morgan fingerprint density at radius 2 is 1.62 bits per heavy atom. The van der Waals surface area contributed by atoms with Gasteiger partial charge in [0.25, 0.3) is 11.8 Å². The third kappa shape index (κ3) is 10.7. The molecule has 0 saturated carbocycles. The average Bonchev–Trinajstić information content (AvgIpc) is 3.20. The average molecular weight is 757 g/mol. The number of nitrogens with one attached hydrogen (secondary N) is 3. The highest BCUT2D eigenvalue weighted by molar-refractivity contribution is 6.06. The lowest BCUT2D eigenvalue weighted by Crippen LogP contribution is -2.43. The lowest BCUT2D eigenvalue weighted by molar-refractivity contribution is -0.137. The lowest BCUT2D eigenvalue weighted by atomic mass is 9.96. The van der Waals surface area contributed by atoms with Crippen LogP contribution in [0.2, 0.25) is 0 Å². The first-order valence-electron chi connectivity index (χ1n) is 18.8. The Labute approximate surface area is 319 Å². The Hall–Kier alpha value is -5.27. The molecule has 1 aromatic heterocycles. The predicted molar refractivity (Wildman–Crippen MR) is 206 cm³/mol. The van der Waals surface area contributed by atoms with Crippen molar-refractivity contribution in [3.8, 4) is 11.3 Å². The number of hydrogen-bond donors (Lipinski definition) is 3. The van der Waals surface area contributed by atoms with Gasteiger partial charge in [-0.1, -0.05) is 24.3 Å². The minimum atomic E-state index is -4.49. The second-order valence-corrected chi connectivity index (χ2v) is 14.1. The number of carbonyl (C=O) groups excluding carboxylic acids is 3. The number of piperidine rings is 2. The van der Waals surface area contributed by atoms with Gasteiger partial charge in [0.15, 0.2) is 0 Å². The number of halogens is 3. The van der Waals surface area contributed by atoms with E-state index in [2.05, 4.69) is 30.7 Å². The van der Waals surface area contributed by atoms with Crippen molar-refractivity contribution in [1.29, 1.82) is 0 Å². The zero-order valence-corrected chi connectivity index (χ0v) is 31.0. The van der Waals surface area contributed by atoms with Crippen molar-refractivity contribution in [3.63, 3.8) is 0 Å². The van der Waals surface area contributed by atoms with E-state index >= 15 is 0 Å². The number of likely N-dealkylation sites (tertiary alicyclic amines) is 1. The summed E-state index contributed by atoms with van der Waals surface area (Å²) in [6.45, 7) is 4.76. The minimum Gasteiger partial charge on any atom is -0.383 e. The van der Waals surface area contributed by atoms with E-state index in [-0.39, 0.29) is 29.8 Å². The van der Waals surface area contributed by atoms with Crippen LogP contribution in [0.5, 0.6) is 0 Å². The quantitative estimate of drug-likeness (QED) is 0.127. The Bertz CT molecular complexity index is 1970. The van der Waals surface area contributed by atoms with E-state index in [4.69, 9.17) is 4.74 Å². The van der Waals surface area contributed by atoms with Crippen molar-refractivity contribution in [2.75, 3.05) is 56.7 Å². The molecule has 0 unspecified atom stereocenters. The van der Waals surface area contributed by atoms with Gasteiger partial charge < -0.3 is 25.6 Å². The molecule has 3 heterocycles. The Balaban J connectivity index is 1.18. The molecule has 10 nitrogen and oxygen atoms in total. The number of hydrogen-bond acceptors (Lipinski definition) is 7. The predicted octanol–water partition coefficient (Wildman–Crippen LogP) is 6.91. The summed E-state index contributed by atoms with van der Waals surface area (Å²) in [6.07, 6.45) is 2.07. The number of benzene rings is 3. The van der Waals surface area contributed by atoms with E-state index in [1.54, 1.807) is 25.3 Å². The van der Waals surface area contributed by atoms with Crippen LogP contribution in [-0.2, 0) is 28.8 Å². The van der Waals surface area contributed by atoms with Crippen LogP contribution in [0.3, 0.4) is 0 Å². The van der Waals surface area contributed by atoms with Crippen molar-refractivity contribution in [3.05, 3.63) is 113 Å². The summed E-state index contributed by atoms with van der Waals surface area (Å²) in [5.74, 6) is -0.843. The van der Waals surface area contributed by atoms with Gasteiger partial charge in [0.2, 0.25) is 5.91 Å². The molecule has 13 heteroatoms. The Morgan fingerprint density at radius 1 is 0.836 bits per heavy atom. The molecule has 1 atom stereocenters. The maximum Gasteiger partial charge on any atom is 0.416 e. The largest absolute Gasteiger partial charge is 0.416 e. The van der Waals surface area contributed by atoms with E-state index in [9.17, 15) is 27.6 Å². The second kappa shape index (κ2) is 18.4. The van der Waals surface area contributed by atoms with Crippen molar-refractivity contribution in [2.24, 2.45) is 5.92 Å². The second-order valence-electron chi connectivity index (χ2n) is 14.1. The summed E-state index contributed by atoms with van der Waals surface area (Å²) in [6, 6.07) is 21.3. The maximum absolute atomic E-state index is 13.8. The third-order valence-electron chi connectivity index (χ3n) is 10.1. The highest BCUT2D eigenvalue weighted by atomic mass is 19.4. The SMILES string of the molecule is COCCNC(=O)[C@@H]1CCCN(Cc2cccc(C(=O)Nc3ccc(N4CCCCC4)cc3-c3cc(C(=O)NCc4cccc(C(F)(F)F)c4)ccn3)c2)C1. The Kier molecular flexibility index (Phi) is 13.2. The molecular weight excluding hydrogens is 709 g/mol. The van der Waals surface area contributed by atoms with Crippen LogP contribution >= 0.6 is 0 Å². The number of ether oxygens (including phenoxy) is 1. The van der Waals surface area contributed by atoms with Crippen LogP contribution in [0.4, 0.5) is 24.5 Å². The monoisotopic (exact) mass is 756 g/mol. The standard InChI is InChI=1S/C42H47F3N6O4/c1-55-21-17-47-40(53)33-11-7-18-50(28-33)27-30-9-5-10-31(22-30)41(54)49-37-14-13-35(51-19-3-2-4-20-51)25-36(37)38-24-32(15-16-46-38)39(52)48-26-29-8-6-12-34(23-29)42(43,44)45/h5-6,8-10,12-16,22-25,33H,2-4,7,11,17-21,26-28H2,1H3,(H,47,53)(H,48,52)(H,49,54)/t33-/m1/s1. The summed E-state index contributed by atoms with van der Waals surface area (Å²) in [4.78, 5) is 48.9. The van der Waals surface area contributed by atoms with Gasteiger partial charge in [-0.25, -0.2) is 0 Å². The van der Waals surface area contributed by atoms with Gasteiger partial charge >= 0.3 is 6.18 Å². The molecule has 2 aliphatic rings. The van der Waals surface area contributed by atoms with E-state index in [1.165, 1.54) is 24.8 Å². The van der Waals surface area contributed by atoms with Crippen LogP contribution in [0, 0.1) is 5.92 Å². The normalized spacial score (nSPS) is 16.4. The molecule has 3 N–H and O–H groups in total. The first kappa shape index (κ1) is 39.4. The summed E-state index contributed by atoms with van der Waals surface area (Å²) in [5.41, 5.74) is 3.83. The molecule has 0 spiro atoms. The van der Waals surface area contributed by atoms with Gasteiger partial charge in [0.05, 0.1) is 29.5 Å². The van der Waals surface area contributed by atoms with Gasteiger partial charge in [-0.05, 0) is 104 Å². The first-order chi connectivity index (χ1) is 26.6. The first-order valence-corrected chi connectivity index (χ1v) is 18.8. The summed E-state index contributed by atoms with van der Waals surface area (Å²) in [7, 11) is 1.60. The molecule has 4 aromatic rings. The zero-order chi connectivity index (χ0) is 38.8. The lowest BCUT2D eigenvalue weighted by Gasteiger charge is -2.32. The molecule has 0 bridgehead atoms. The van der Waals surface area contributed by atoms with Gasteiger partial charge in [-0.3, -0.25) is 24.3 Å². The molecule has 290 valence electrons. The number of anilines is 2. The molecule has 0 radical (unpaired) electrons.